The lowest BCUT2D eigenvalue weighted by Crippen LogP contribution is -2.10. The first kappa shape index (κ1) is 12.9. The van der Waals surface area contributed by atoms with Crippen LogP contribution in [0.3, 0.4) is 0 Å². The highest BCUT2D eigenvalue weighted by atomic mass is 16.5. The van der Waals surface area contributed by atoms with E-state index in [0.717, 1.165) is 19.4 Å². The highest BCUT2D eigenvalue weighted by Crippen LogP contribution is 2.30. The second-order valence-corrected chi connectivity index (χ2v) is 4.71. The maximum Gasteiger partial charge on any atom is 0.306 e. The molecule has 1 aromatic carbocycles. The number of carbonyl (C=O) groups excluding carboxylic acids is 1. The molecule has 0 saturated heterocycles. The van der Waals surface area contributed by atoms with Crippen LogP contribution in [0, 0.1) is 0 Å². The molecule has 0 saturated carbocycles. The Kier molecular flexibility index (Phi) is 4.24. The van der Waals surface area contributed by atoms with Gasteiger partial charge in [0.2, 0.25) is 0 Å². The van der Waals surface area contributed by atoms with Crippen LogP contribution in [0.2, 0.25) is 0 Å². The van der Waals surface area contributed by atoms with E-state index in [2.05, 4.69) is 30.4 Å². The van der Waals surface area contributed by atoms with Crippen LogP contribution in [0.1, 0.15) is 43.7 Å². The average Bonchev–Trinajstić information content (AvgIpc) is 2.83. The molecule has 0 aromatic heterocycles. The van der Waals surface area contributed by atoms with Crippen molar-refractivity contribution < 1.29 is 9.53 Å². The van der Waals surface area contributed by atoms with Crippen molar-refractivity contribution in [1.82, 2.24) is 0 Å². The third-order valence-electron chi connectivity index (χ3n) is 3.52. The van der Waals surface area contributed by atoms with Gasteiger partial charge in [0, 0.05) is 12.2 Å². The average molecular weight is 247 g/mol. The van der Waals surface area contributed by atoms with Crippen LogP contribution in [0.15, 0.2) is 18.2 Å². The lowest BCUT2D eigenvalue weighted by molar-refractivity contribution is -0.143. The Bertz CT molecular complexity index is 429. The van der Waals surface area contributed by atoms with Gasteiger partial charge in [0.25, 0.3) is 0 Å². The number of hydrogen-bond acceptors (Lipinski definition) is 3. The standard InChI is InChI=1S/C15H21NO2/c1-3-11(10-15(17)18-4-2)12-5-6-14-13(9-12)7-8-16-14/h5-6,9,11,16H,3-4,7-8,10H2,1-2H3. The Morgan fingerprint density at radius 1 is 1.44 bits per heavy atom. The smallest absolute Gasteiger partial charge is 0.306 e. The van der Waals surface area contributed by atoms with Crippen LogP contribution in [-0.4, -0.2) is 19.1 Å². The number of fused-ring (bicyclic) bond motifs is 1. The van der Waals surface area contributed by atoms with Crippen LogP contribution >= 0.6 is 0 Å². The minimum atomic E-state index is -0.0945. The highest BCUT2D eigenvalue weighted by molar-refractivity contribution is 5.70. The molecule has 1 aliphatic rings. The summed E-state index contributed by atoms with van der Waals surface area (Å²) in [6.45, 7) is 5.45. The van der Waals surface area contributed by atoms with Crippen LogP contribution < -0.4 is 5.32 Å². The van der Waals surface area contributed by atoms with Gasteiger partial charge in [-0.2, -0.15) is 0 Å². The molecule has 1 N–H and O–H groups in total. The third-order valence-corrected chi connectivity index (χ3v) is 3.52. The lowest BCUT2D eigenvalue weighted by atomic mass is 9.91. The van der Waals surface area contributed by atoms with E-state index < -0.39 is 0 Å². The zero-order valence-electron chi connectivity index (χ0n) is 11.2. The summed E-state index contributed by atoms with van der Waals surface area (Å²) >= 11 is 0. The number of carbonyl (C=O) groups is 1. The van der Waals surface area contributed by atoms with Gasteiger partial charge in [0.1, 0.15) is 0 Å². The molecule has 3 heteroatoms. The van der Waals surface area contributed by atoms with Crippen LogP contribution in [0.25, 0.3) is 0 Å². The van der Waals surface area contributed by atoms with Gasteiger partial charge in [0.05, 0.1) is 13.0 Å². The number of benzene rings is 1. The second kappa shape index (κ2) is 5.89. The summed E-state index contributed by atoms with van der Waals surface area (Å²) in [5.41, 5.74) is 3.87. The van der Waals surface area contributed by atoms with E-state index in [0.29, 0.717) is 13.0 Å². The van der Waals surface area contributed by atoms with Gasteiger partial charge < -0.3 is 10.1 Å². The normalized spacial score (nSPS) is 14.8. The number of ether oxygens (including phenoxy) is 1. The summed E-state index contributed by atoms with van der Waals surface area (Å²) in [7, 11) is 0. The third kappa shape index (κ3) is 2.84. The number of esters is 1. The molecule has 0 aliphatic carbocycles. The van der Waals surface area contributed by atoms with E-state index in [1.54, 1.807) is 0 Å². The van der Waals surface area contributed by atoms with Crippen LogP contribution in [0.5, 0.6) is 0 Å². The van der Waals surface area contributed by atoms with Crippen molar-refractivity contribution >= 4 is 11.7 Å². The molecule has 98 valence electrons. The summed E-state index contributed by atoms with van der Waals surface area (Å²) in [5.74, 6) is 0.179. The van der Waals surface area contributed by atoms with E-state index in [9.17, 15) is 4.79 Å². The van der Waals surface area contributed by atoms with Crippen molar-refractivity contribution in [3.8, 4) is 0 Å². The zero-order valence-corrected chi connectivity index (χ0v) is 11.2. The van der Waals surface area contributed by atoms with Crippen molar-refractivity contribution in [2.24, 2.45) is 0 Å². The van der Waals surface area contributed by atoms with Crippen molar-refractivity contribution in [3.05, 3.63) is 29.3 Å². The first-order chi connectivity index (χ1) is 8.74. The number of rotatable bonds is 5. The molecular weight excluding hydrogens is 226 g/mol. The summed E-state index contributed by atoms with van der Waals surface area (Å²) in [4.78, 5) is 11.6. The van der Waals surface area contributed by atoms with Gasteiger partial charge in [-0.3, -0.25) is 4.79 Å². The molecule has 18 heavy (non-hydrogen) atoms. The number of anilines is 1. The van der Waals surface area contributed by atoms with E-state index in [-0.39, 0.29) is 11.9 Å². The molecule has 1 atom stereocenters. The summed E-state index contributed by atoms with van der Waals surface area (Å²) in [5, 5.41) is 3.35. The minimum absolute atomic E-state index is 0.0945. The quantitative estimate of drug-likeness (QED) is 0.812. The van der Waals surface area contributed by atoms with Gasteiger partial charge in [0.15, 0.2) is 0 Å². The molecule has 0 bridgehead atoms. The van der Waals surface area contributed by atoms with Crippen molar-refractivity contribution in [2.45, 2.75) is 39.0 Å². The molecule has 0 spiro atoms. The maximum absolute atomic E-state index is 11.6. The van der Waals surface area contributed by atoms with Gasteiger partial charge in [-0.25, -0.2) is 0 Å². The van der Waals surface area contributed by atoms with Gasteiger partial charge >= 0.3 is 5.97 Å². The molecule has 0 radical (unpaired) electrons. The topological polar surface area (TPSA) is 38.3 Å². The minimum Gasteiger partial charge on any atom is -0.466 e. The van der Waals surface area contributed by atoms with Gasteiger partial charge in [-0.15, -0.1) is 0 Å². The predicted molar refractivity (Wildman–Crippen MR) is 72.9 cm³/mol. The van der Waals surface area contributed by atoms with Crippen molar-refractivity contribution in [2.75, 3.05) is 18.5 Å². The van der Waals surface area contributed by atoms with Crippen molar-refractivity contribution in [3.63, 3.8) is 0 Å². The fourth-order valence-corrected chi connectivity index (χ4v) is 2.50. The fourth-order valence-electron chi connectivity index (χ4n) is 2.50. The molecular formula is C15H21NO2. The zero-order chi connectivity index (χ0) is 13.0. The van der Waals surface area contributed by atoms with E-state index >= 15 is 0 Å². The maximum atomic E-state index is 11.6. The first-order valence-corrected chi connectivity index (χ1v) is 6.77. The SMILES string of the molecule is CCOC(=O)CC(CC)c1ccc2c(c1)CCN2. The summed E-state index contributed by atoms with van der Waals surface area (Å²) in [6, 6.07) is 6.50. The molecule has 0 amide bonds. The largest absolute Gasteiger partial charge is 0.466 e. The van der Waals surface area contributed by atoms with Crippen molar-refractivity contribution in [1.29, 1.82) is 0 Å². The molecule has 2 rings (SSSR count). The van der Waals surface area contributed by atoms with Crippen LogP contribution in [-0.2, 0) is 16.0 Å². The Morgan fingerprint density at radius 3 is 3.00 bits per heavy atom. The van der Waals surface area contributed by atoms with Gasteiger partial charge in [-0.05, 0) is 42.9 Å². The summed E-state index contributed by atoms with van der Waals surface area (Å²) < 4.78 is 5.04. The Hall–Kier alpha value is -1.51. The highest BCUT2D eigenvalue weighted by Gasteiger charge is 2.18. The molecule has 1 unspecified atom stereocenters. The number of hydrogen-bond donors (Lipinski definition) is 1. The molecule has 0 fully saturated rings. The molecule has 3 nitrogen and oxygen atoms in total. The van der Waals surface area contributed by atoms with Gasteiger partial charge in [-0.1, -0.05) is 19.1 Å². The Labute approximate surface area is 109 Å². The Balaban J connectivity index is 2.10. The second-order valence-electron chi connectivity index (χ2n) is 4.71. The lowest BCUT2D eigenvalue weighted by Gasteiger charge is -2.15. The Morgan fingerprint density at radius 2 is 2.28 bits per heavy atom. The molecule has 1 aromatic rings. The van der Waals surface area contributed by atoms with Crippen LogP contribution in [0.4, 0.5) is 5.69 Å². The first-order valence-electron chi connectivity index (χ1n) is 6.77. The summed E-state index contributed by atoms with van der Waals surface area (Å²) in [6.07, 6.45) is 2.53. The van der Waals surface area contributed by atoms with E-state index in [1.165, 1.54) is 16.8 Å². The number of nitrogens with one attached hydrogen (secondary N) is 1. The monoisotopic (exact) mass is 247 g/mol. The molecule has 1 heterocycles. The fraction of sp³-hybridized carbons (Fsp3) is 0.533. The van der Waals surface area contributed by atoms with E-state index in [1.807, 2.05) is 6.92 Å². The van der Waals surface area contributed by atoms with E-state index in [4.69, 9.17) is 4.74 Å². The molecule has 1 aliphatic heterocycles. The predicted octanol–water partition coefficient (Wildman–Crippen LogP) is 3.10.